The van der Waals surface area contributed by atoms with Crippen LogP contribution in [-0.2, 0) is 0 Å². The van der Waals surface area contributed by atoms with Crippen LogP contribution >= 0.6 is 0 Å². The van der Waals surface area contributed by atoms with Crippen molar-refractivity contribution < 1.29 is 9.31 Å². The van der Waals surface area contributed by atoms with Gasteiger partial charge in [0.2, 0.25) is 0 Å². The summed E-state index contributed by atoms with van der Waals surface area (Å²) in [5, 5.41) is 4.61. The highest BCUT2D eigenvalue weighted by Gasteiger charge is 2.34. The fourth-order valence-electron chi connectivity index (χ4n) is 5.71. The Morgan fingerprint density at radius 2 is 1.22 bits per heavy atom. The third-order valence-corrected chi connectivity index (χ3v) is 8.18. The first-order valence-electron chi connectivity index (χ1n) is 14.3. The molecule has 0 saturated heterocycles. The first-order chi connectivity index (χ1) is 20.2. The maximum absolute atomic E-state index is 6.75. The normalized spacial score (nSPS) is 13.4. The molecule has 0 aromatic heterocycles. The lowest BCUT2D eigenvalue weighted by atomic mass is 9.75. The van der Waals surface area contributed by atoms with Crippen LogP contribution in [0.25, 0.3) is 32.7 Å². The molecule has 0 unspecified atom stereocenters. The van der Waals surface area contributed by atoms with E-state index in [1.165, 1.54) is 16.3 Å². The van der Waals surface area contributed by atoms with Crippen molar-refractivity contribution in [1.29, 1.82) is 0 Å². The molecular weight excluding hydrogens is 501 g/mol. The van der Waals surface area contributed by atoms with Crippen molar-refractivity contribution in [3.05, 3.63) is 132 Å². The monoisotopic (exact) mass is 531 g/mol. The summed E-state index contributed by atoms with van der Waals surface area (Å²) in [7, 11) is -0.646. The van der Waals surface area contributed by atoms with Crippen LogP contribution in [0.3, 0.4) is 0 Å². The van der Waals surface area contributed by atoms with E-state index < -0.39 is 7.12 Å². The van der Waals surface area contributed by atoms with Gasteiger partial charge in [-0.3, -0.25) is 4.99 Å². The Hall–Kier alpha value is -4.83. The van der Waals surface area contributed by atoms with Gasteiger partial charge in [-0.2, -0.15) is 0 Å². The number of rotatable bonds is 5. The smallest absolute Gasteiger partial charge is 0.521 e. The average Bonchev–Trinajstić information content (AvgIpc) is 3.21. The second kappa shape index (κ2) is 10.6. The van der Waals surface area contributed by atoms with Crippen LogP contribution in [0, 0.1) is 0 Å². The molecule has 6 aromatic carbocycles. The van der Waals surface area contributed by atoms with E-state index in [-0.39, 0.29) is 0 Å². The number of hydrogen-bond acceptors (Lipinski definition) is 3. The summed E-state index contributed by atoms with van der Waals surface area (Å²) in [5.41, 5.74) is 6.25. The molecule has 0 radical (unpaired) electrons. The molecule has 0 bridgehead atoms. The fraction of sp³-hybridized carbons (Fsp3) is 0.108. The number of nitrogens with zero attached hydrogens (tertiary/aromatic N) is 1. The van der Waals surface area contributed by atoms with Crippen LogP contribution in [0.2, 0.25) is 0 Å². The van der Waals surface area contributed by atoms with Crippen molar-refractivity contribution in [2.24, 2.45) is 4.99 Å². The van der Waals surface area contributed by atoms with E-state index in [2.05, 4.69) is 123 Å². The molecule has 1 aliphatic rings. The highest BCUT2D eigenvalue weighted by molar-refractivity contribution is 6.64. The number of benzene rings is 6. The van der Waals surface area contributed by atoms with Crippen molar-refractivity contribution >= 4 is 46.0 Å². The molecule has 1 aliphatic heterocycles. The zero-order valence-electron chi connectivity index (χ0n) is 23.2. The number of hydrogen-bond donors (Lipinski definition) is 0. The topological polar surface area (TPSA) is 30.8 Å². The minimum Gasteiger partial charge on any atom is -0.521 e. The highest BCUT2D eigenvalue weighted by atomic mass is 16.6. The van der Waals surface area contributed by atoms with E-state index >= 15 is 0 Å². The second-order valence-electron chi connectivity index (χ2n) is 10.7. The Morgan fingerprint density at radius 3 is 1.83 bits per heavy atom. The third-order valence-electron chi connectivity index (χ3n) is 8.18. The summed E-state index contributed by atoms with van der Waals surface area (Å²) in [5.74, 6) is 2.14. The predicted molar refractivity (Wildman–Crippen MR) is 172 cm³/mol. The van der Waals surface area contributed by atoms with Crippen LogP contribution in [-0.4, -0.2) is 13.3 Å². The predicted octanol–water partition coefficient (Wildman–Crippen LogP) is 9.09. The maximum atomic E-state index is 6.75. The molecule has 7 rings (SSSR count). The van der Waals surface area contributed by atoms with Gasteiger partial charge in [0.25, 0.3) is 0 Å². The molecule has 1 heterocycles. The van der Waals surface area contributed by atoms with E-state index in [1.54, 1.807) is 0 Å². The second-order valence-corrected chi connectivity index (χ2v) is 10.7. The highest BCUT2D eigenvalue weighted by Crippen LogP contribution is 2.47. The van der Waals surface area contributed by atoms with Gasteiger partial charge >= 0.3 is 7.12 Å². The summed E-state index contributed by atoms with van der Waals surface area (Å²) in [4.78, 5) is 4.82. The summed E-state index contributed by atoms with van der Waals surface area (Å²) >= 11 is 0. The lowest BCUT2D eigenvalue weighted by Crippen LogP contribution is -2.44. The molecule has 41 heavy (non-hydrogen) atoms. The van der Waals surface area contributed by atoms with Crippen molar-refractivity contribution in [1.82, 2.24) is 0 Å². The van der Waals surface area contributed by atoms with Gasteiger partial charge in [0.05, 0.1) is 5.69 Å². The molecule has 0 spiro atoms. The molecule has 0 fully saturated rings. The summed E-state index contributed by atoms with van der Waals surface area (Å²) in [6, 6.07) is 42.0. The van der Waals surface area contributed by atoms with Gasteiger partial charge in [-0.25, -0.2) is 0 Å². The molecule has 198 valence electrons. The van der Waals surface area contributed by atoms with Gasteiger partial charge in [-0.1, -0.05) is 111 Å². The Labute approximate surface area is 241 Å². The van der Waals surface area contributed by atoms with Crippen LogP contribution in [0.1, 0.15) is 37.3 Å². The average molecular weight is 531 g/mol. The number of fused-ring (bicyclic) bond motifs is 7. The minimum atomic E-state index is -0.646. The van der Waals surface area contributed by atoms with Crippen LogP contribution < -0.4 is 14.8 Å². The van der Waals surface area contributed by atoms with Crippen LogP contribution in [0.4, 0.5) is 5.69 Å². The van der Waals surface area contributed by atoms with E-state index in [9.17, 15) is 0 Å². The van der Waals surface area contributed by atoms with Gasteiger partial charge < -0.3 is 9.31 Å². The third kappa shape index (κ3) is 4.66. The molecule has 4 heteroatoms. The Kier molecular flexibility index (Phi) is 6.52. The first-order valence-corrected chi connectivity index (χ1v) is 14.3. The van der Waals surface area contributed by atoms with Crippen LogP contribution in [0.15, 0.2) is 126 Å². The molecule has 6 aromatic rings. The quantitative estimate of drug-likeness (QED) is 0.164. The molecule has 0 N–H and O–H groups in total. The van der Waals surface area contributed by atoms with E-state index in [0.717, 1.165) is 56.5 Å². The van der Waals surface area contributed by atoms with Gasteiger partial charge in [0.1, 0.15) is 11.5 Å². The van der Waals surface area contributed by atoms with E-state index in [1.807, 2.05) is 18.3 Å². The fourth-order valence-corrected chi connectivity index (χ4v) is 5.71. The molecule has 0 amide bonds. The molecular formula is C37H30BNO2. The Balaban J connectivity index is 1.34. The molecule has 0 saturated carbocycles. The van der Waals surface area contributed by atoms with Gasteiger partial charge in [0.15, 0.2) is 0 Å². The molecule has 0 aliphatic carbocycles. The first kappa shape index (κ1) is 25.2. The van der Waals surface area contributed by atoms with Crippen molar-refractivity contribution in [2.75, 3.05) is 0 Å². The minimum absolute atomic E-state index is 0.540. The Morgan fingerprint density at radius 1 is 0.659 bits per heavy atom. The summed E-state index contributed by atoms with van der Waals surface area (Å²) in [6.45, 7) is 4.47. The maximum Gasteiger partial charge on any atom is 0.633 e. The zero-order valence-corrected chi connectivity index (χ0v) is 23.2. The molecule has 3 nitrogen and oxygen atoms in total. The zero-order chi connectivity index (χ0) is 27.8. The number of aliphatic imine (C=N–C) groups is 1. The van der Waals surface area contributed by atoms with Crippen molar-refractivity contribution in [3.8, 4) is 22.6 Å². The van der Waals surface area contributed by atoms with Crippen LogP contribution in [0.5, 0.6) is 11.5 Å². The van der Waals surface area contributed by atoms with E-state index in [4.69, 9.17) is 14.3 Å². The lowest BCUT2D eigenvalue weighted by molar-refractivity contribution is 0.448. The molecule has 1 atom stereocenters. The van der Waals surface area contributed by atoms with Gasteiger partial charge in [-0.15, -0.1) is 0 Å². The Bertz CT molecular complexity index is 1820. The summed E-state index contributed by atoms with van der Waals surface area (Å²) in [6.07, 6.45) is 3.03. The summed E-state index contributed by atoms with van der Waals surface area (Å²) < 4.78 is 13.5. The standard InChI is InChI=1S/C37H30BNO2/c1-3-25(2)26-16-20-30(21-17-26)39-24-29-12-6-9-15-33(29)38-40-34-22-18-27-10-4-7-13-31(27)36(34)37-32-14-8-5-11-28(32)19-23-35(37)41-38/h4-25H,3H2,1-2H3/t25-/m0/s1. The largest absolute Gasteiger partial charge is 0.633 e. The van der Waals surface area contributed by atoms with Crippen molar-refractivity contribution in [2.45, 2.75) is 26.2 Å². The van der Waals surface area contributed by atoms with E-state index in [0.29, 0.717) is 5.92 Å². The van der Waals surface area contributed by atoms with Gasteiger partial charge in [-0.05, 0) is 69.3 Å². The van der Waals surface area contributed by atoms with Crippen molar-refractivity contribution in [3.63, 3.8) is 0 Å². The lowest BCUT2D eigenvalue weighted by Gasteiger charge is -2.16. The van der Waals surface area contributed by atoms with Gasteiger partial charge in [0, 0.05) is 22.8 Å². The SMILES string of the molecule is CC[C@H](C)c1ccc(N=Cc2ccccc2B2Oc3ccc4ccccc4c3-c3c(ccc4ccccc34)O2)cc1.